The van der Waals surface area contributed by atoms with Crippen LogP contribution in [0.2, 0.25) is 5.02 Å². The average Bonchev–Trinajstić information content (AvgIpc) is 2.30. The monoisotopic (exact) mass is 231 g/mol. The van der Waals surface area contributed by atoms with Gasteiger partial charge in [-0.3, -0.25) is 0 Å². The number of benzene rings is 1. The van der Waals surface area contributed by atoms with Gasteiger partial charge >= 0.3 is 0 Å². The van der Waals surface area contributed by atoms with Gasteiger partial charge in [0.15, 0.2) is 12.4 Å². The molecule has 0 unspecified atom stereocenters. The Kier molecular flexibility index (Phi) is 3.22. The Hall–Kier alpha value is -1.80. The Morgan fingerprint density at radius 2 is 1.38 bits per heavy atom. The van der Waals surface area contributed by atoms with Crippen molar-refractivity contribution < 1.29 is 4.73 Å². The Morgan fingerprint density at radius 1 is 0.875 bits per heavy atom. The molecule has 0 saturated heterocycles. The summed E-state index contributed by atoms with van der Waals surface area (Å²) in [5.41, 5.74) is 2.06. The molecule has 2 aromatic rings. The number of hydrogen-bond donors (Lipinski definition) is 0. The lowest BCUT2D eigenvalue weighted by Crippen LogP contribution is -2.23. The fourth-order valence-electron chi connectivity index (χ4n) is 1.30. The minimum Gasteiger partial charge on any atom is -0.619 e. The van der Waals surface area contributed by atoms with Crippen molar-refractivity contribution in [2.24, 2.45) is 0 Å². The molecule has 0 spiro atoms. The molecule has 0 aliphatic carbocycles. The van der Waals surface area contributed by atoms with Crippen LogP contribution >= 0.6 is 11.6 Å². The average molecular weight is 232 g/mol. The maximum absolute atomic E-state index is 10.8. The molecular formula is C13H10ClNO. The van der Waals surface area contributed by atoms with Crippen LogP contribution in [-0.2, 0) is 0 Å². The lowest BCUT2D eigenvalue weighted by atomic mass is 10.1. The standard InChI is InChI=1S/C13H10ClNO/c14-13-5-3-11(4-6-13)1-2-12-7-9-15(16)10-8-12/h1-10H/b2-1+. The molecule has 3 heteroatoms. The first-order valence-electron chi connectivity index (χ1n) is 4.86. The predicted octanol–water partition coefficient (Wildman–Crippen LogP) is 3.14. The zero-order valence-electron chi connectivity index (χ0n) is 8.51. The molecule has 0 atom stereocenters. The van der Waals surface area contributed by atoms with Gasteiger partial charge in [-0.2, -0.15) is 4.73 Å². The van der Waals surface area contributed by atoms with Crippen molar-refractivity contribution in [1.29, 1.82) is 0 Å². The van der Waals surface area contributed by atoms with Crippen LogP contribution in [0.1, 0.15) is 11.1 Å². The summed E-state index contributed by atoms with van der Waals surface area (Å²) in [5, 5.41) is 11.5. The quantitative estimate of drug-likeness (QED) is 0.576. The van der Waals surface area contributed by atoms with Crippen molar-refractivity contribution in [3.8, 4) is 0 Å². The third-order valence-corrected chi connectivity index (χ3v) is 2.42. The van der Waals surface area contributed by atoms with Crippen LogP contribution in [0, 0.1) is 5.21 Å². The Morgan fingerprint density at radius 3 is 1.94 bits per heavy atom. The molecule has 0 amide bonds. The van der Waals surface area contributed by atoms with Crippen LogP contribution < -0.4 is 4.73 Å². The van der Waals surface area contributed by atoms with Crippen LogP contribution in [-0.4, -0.2) is 0 Å². The molecule has 0 aliphatic rings. The second kappa shape index (κ2) is 4.81. The third-order valence-electron chi connectivity index (χ3n) is 2.17. The van der Waals surface area contributed by atoms with Crippen molar-refractivity contribution in [2.45, 2.75) is 0 Å². The van der Waals surface area contributed by atoms with E-state index in [1.807, 2.05) is 36.4 Å². The van der Waals surface area contributed by atoms with E-state index in [-0.39, 0.29) is 0 Å². The number of aromatic nitrogens is 1. The van der Waals surface area contributed by atoms with Crippen molar-refractivity contribution in [1.82, 2.24) is 0 Å². The number of pyridine rings is 1. The first-order chi connectivity index (χ1) is 7.74. The minimum absolute atomic E-state index is 0.726. The van der Waals surface area contributed by atoms with E-state index in [2.05, 4.69) is 0 Å². The Labute approximate surface area is 99.0 Å². The van der Waals surface area contributed by atoms with E-state index >= 15 is 0 Å². The topological polar surface area (TPSA) is 26.9 Å². The van der Waals surface area contributed by atoms with Crippen LogP contribution in [0.4, 0.5) is 0 Å². The van der Waals surface area contributed by atoms with E-state index in [1.54, 1.807) is 12.1 Å². The maximum atomic E-state index is 10.8. The van der Waals surface area contributed by atoms with Crippen molar-refractivity contribution >= 4 is 23.8 Å². The van der Waals surface area contributed by atoms with Gasteiger partial charge in [0.25, 0.3) is 0 Å². The van der Waals surface area contributed by atoms with Crippen LogP contribution in [0.15, 0.2) is 48.8 Å². The van der Waals surface area contributed by atoms with E-state index in [0.717, 1.165) is 20.9 Å². The van der Waals surface area contributed by atoms with Crippen molar-refractivity contribution in [2.75, 3.05) is 0 Å². The largest absolute Gasteiger partial charge is 0.619 e. The molecule has 0 aliphatic heterocycles. The molecule has 0 radical (unpaired) electrons. The smallest absolute Gasteiger partial charge is 0.180 e. The molecule has 0 N–H and O–H groups in total. The van der Waals surface area contributed by atoms with Gasteiger partial charge in [-0.1, -0.05) is 35.9 Å². The van der Waals surface area contributed by atoms with E-state index < -0.39 is 0 Å². The molecule has 1 aromatic heterocycles. The van der Waals surface area contributed by atoms with Gasteiger partial charge in [-0.15, -0.1) is 0 Å². The fourth-order valence-corrected chi connectivity index (χ4v) is 1.43. The van der Waals surface area contributed by atoms with Gasteiger partial charge in [0.1, 0.15) is 0 Å². The summed E-state index contributed by atoms with van der Waals surface area (Å²) in [7, 11) is 0. The molecule has 16 heavy (non-hydrogen) atoms. The highest BCUT2D eigenvalue weighted by atomic mass is 35.5. The highest BCUT2D eigenvalue weighted by Gasteiger charge is 1.91. The van der Waals surface area contributed by atoms with Crippen molar-refractivity contribution in [3.05, 3.63) is 70.1 Å². The Balaban J connectivity index is 2.15. The van der Waals surface area contributed by atoms with E-state index in [1.165, 1.54) is 12.4 Å². The van der Waals surface area contributed by atoms with Crippen LogP contribution in [0.25, 0.3) is 12.2 Å². The summed E-state index contributed by atoms with van der Waals surface area (Å²) in [6.07, 6.45) is 6.87. The predicted molar refractivity (Wildman–Crippen MR) is 65.8 cm³/mol. The summed E-state index contributed by atoms with van der Waals surface area (Å²) < 4.78 is 0.764. The number of nitrogens with zero attached hydrogens (tertiary/aromatic N) is 1. The highest BCUT2D eigenvalue weighted by Crippen LogP contribution is 2.12. The molecule has 1 aromatic carbocycles. The zero-order valence-corrected chi connectivity index (χ0v) is 9.26. The van der Waals surface area contributed by atoms with Gasteiger partial charge in [-0.05, 0) is 23.3 Å². The highest BCUT2D eigenvalue weighted by molar-refractivity contribution is 6.30. The molecule has 0 bridgehead atoms. The molecule has 2 nitrogen and oxygen atoms in total. The second-order valence-corrected chi connectivity index (χ2v) is 3.81. The number of rotatable bonds is 2. The molecular weight excluding hydrogens is 222 g/mol. The van der Waals surface area contributed by atoms with E-state index in [0.29, 0.717) is 0 Å². The third kappa shape index (κ3) is 2.84. The molecule has 0 saturated carbocycles. The SMILES string of the molecule is [O-][n+]1ccc(/C=C/c2ccc(Cl)cc2)cc1. The Bertz CT molecular complexity index is 441. The lowest BCUT2D eigenvalue weighted by Gasteiger charge is -1.96. The lowest BCUT2D eigenvalue weighted by molar-refractivity contribution is -0.605. The molecule has 2 rings (SSSR count). The molecule has 80 valence electrons. The minimum atomic E-state index is 0.726. The maximum Gasteiger partial charge on any atom is 0.180 e. The fraction of sp³-hybridized carbons (Fsp3) is 0. The van der Waals surface area contributed by atoms with E-state index in [4.69, 9.17) is 11.6 Å². The first kappa shape index (κ1) is 10.7. The second-order valence-electron chi connectivity index (χ2n) is 3.38. The summed E-state index contributed by atoms with van der Waals surface area (Å²) in [6, 6.07) is 11.1. The van der Waals surface area contributed by atoms with Gasteiger partial charge < -0.3 is 5.21 Å². The normalized spacial score (nSPS) is 10.8. The molecule has 0 fully saturated rings. The van der Waals surface area contributed by atoms with Gasteiger partial charge in [0, 0.05) is 17.2 Å². The number of hydrogen-bond acceptors (Lipinski definition) is 1. The van der Waals surface area contributed by atoms with Crippen molar-refractivity contribution in [3.63, 3.8) is 0 Å². The van der Waals surface area contributed by atoms with Gasteiger partial charge in [0.2, 0.25) is 0 Å². The number of halogens is 1. The first-order valence-corrected chi connectivity index (χ1v) is 5.24. The van der Waals surface area contributed by atoms with E-state index in [9.17, 15) is 5.21 Å². The van der Waals surface area contributed by atoms with Gasteiger partial charge in [-0.25, -0.2) is 0 Å². The summed E-state index contributed by atoms with van der Waals surface area (Å²) in [6.45, 7) is 0. The summed E-state index contributed by atoms with van der Waals surface area (Å²) in [5.74, 6) is 0. The van der Waals surface area contributed by atoms with Crippen LogP contribution in [0.5, 0.6) is 0 Å². The van der Waals surface area contributed by atoms with Gasteiger partial charge in [0.05, 0.1) is 0 Å². The summed E-state index contributed by atoms with van der Waals surface area (Å²) >= 11 is 5.78. The molecule has 1 heterocycles. The van der Waals surface area contributed by atoms with Crippen LogP contribution in [0.3, 0.4) is 0 Å². The zero-order chi connectivity index (χ0) is 11.4. The summed E-state index contributed by atoms with van der Waals surface area (Å²) in [4.78, 5) is 0.